The van der Waals surface area contributed by atoms with Crippen molar-refractivity contribution in [2.45, 2.75) is 293 Å². The maximum absolute atomic E-state index is 13.0. The van der Waals surface area contributed by atoms with E-state index >= 15 is 0 Å². The molecule has 66 heavy (non-hydrogen) atoms. The summed E-state index contributed by atoms with van der Waals surface area (Å²) in [5.41, 5.74) is 0. The summed E-state index contributed by atoms with van der Waals surface area (Å²) in [4.78, 5) is 13.0. The zero-order chi connectivity index (χ0) is 48.2. The smallest absolute Gasteiger partial charge is 0.220 e. The highest BCUT2D eigenvalue weighted by Crippen LogP contribution is 2.30. The fourth-order valence-electron chi connectivity index (χ4n) is 9.06. The molecule has 2 aliphatic rings. The number of hydrogen-bond donors (Lipinski definition) is 9. The van der Waals surface area contributed by atoms with Crippen LogP contribution in [0, 0.1) is 0 Å². The third kappa shape index (κ3) is 26.1. The van der Waals surface area contributed by atoms with Gasteiger partial charge in [0.15, 0.2) is 12.6 Å². The van der Waals surface area contributed by atoms with Crippen LogP contribution < -0.4 is 5.32 Å². The molecule has 2 aliphatic heterocycles. The minimum Gasteiger partial charge on any atom is -0.394 e. The Hall–Kier alpha value is -1.27. The Morgan fingerprint density at radius 1 is 0.530 bits per heavy atom. The highest BCUT2D eigenvalue weighted by molar-refractivity contribution is 5.76. The van der Waals surface area contributed by atoms with Gasteiger partial charge in [-0.15, -0.1) is 0 Å². The van der Waals surface area contributed by atoms with E-state index in [-0.39, 0.29) is 18.9 Å². The first kappa shape index (κ1) is 60.9. The number of unbranched alkanes of at least 4 members (excludes halogenated alkanes) is 29. The Balaban J connectivity index is 1.71. The molecular weight excluding hydrogens is 847 g/mol. The van der Waals surface area contributed by atoms with Crippen molar-refractivity contribution in [3.63, 3.8) is 0 Å². The first-order chi connectivity index (χ1) is 32.1. The van der Waals surface area contributed by atoms with Crippen molar-refractivity contribution in [3.05, 3.63) is 12.2 Å². The summed E-state index contributed by atoms with van der Waals surface area (Å²) in [6.07, 6.45) is 25.8. The Morgan fingerprint density at radius 2 is 0.939 bits per heavy atom. The van der Waals surface area contributed by atoms with Crippen molar-refractivity contribution in [1.82, 2.24) is 5.32 Å². The van der Waals surface area contributed by atoms with Gasteiger partial charge in [-0.1, -0.05) is 206 Å². The van der Waals surface area contributed by atoms with Gasteiger partial charge in [-0.25, -0.2) is 0 Å². The number of ether oxygens (including phenoxy) is 4. The van der Waals surface area contributed by atoms with E-state index in [4.69, 9.17) is 18.9 Å². The lowest BCUT2D eigenvalue weighted by Gasteiger charge is -2.46. The SMILES string of the molecule is CCCCCCCCCCCCCCCCCCCCCCCCC/C=C/C(O)C(COC1OC(CO)C(OC2OC(CO)C(O)C(O)C2O)C(O)C1O)NC(=O)CCCCCCCCC. The third-order valence-electron chi connectivity index (χ3n) is 13.5. The molecule has 0 saturated carbocycles. The first-order valence-corrected chi connectivity index (χ1v) is 26.9. The van der Waals surface area contributed by atoms with Crippen molar-refractivity contribution in [1.29, 1.82) is 0 Å². The van der Waals surface area contributed by atoms with E-state index in [1.54, 1.807) is 6.08 Å². The van der Waals surface area contributed by atoms with Crippen LogP contribution >= 0.6 is 0 Å². The molecule has 0 aromatic rings. The molecule has 0 aromatic carbocycles. The standard InChI is InChI=1S/C52H99NO13/c1-3-5-7-9-11-12-13-14-15-16-17-18-19-20-21-22-23-24-25-26-27-28-30-31-33-35-41(56)40(53-44(57)36-34-32-29-10-8-6-4-2)39-63-51-49(62)47(60)50(43(38-55)65-51)66-52-48(61)46(59)45(58)42(37-54)64-52/h33,35,40-43,45-52,54-56,58-62H,3-32,34,36-39H2,1-2H3,(H,53,57)/b35-33+. The Labute approximate surface area is 399 Å². The number of rotatable bonds is 42. The third-order valence-corrected chi connectivity index (χ3v) is 13.5. The average Bonchev–Trinajstić information content (AvgIpc) is 3.31. The molecule has 14 heteroatoms. The fraction of sp³-hybridized carbons (Fsp3) is 0.942. The van der Waals surface area contributed by atoms with Crippen molar-refractivity contribution in [2.24, 2.45) is 0 Å². The van der Waals surface area contributed by atoms with E-state index in [1.165, 1.54) is 154 Å². The molecule has 0 aromatic heterocycles. The molecule has 0 spiro atoms. The van der Waals surface area contributed by atoms with Gasteiger partial charge in [0, 0.05) is 6.42 Å². The molecule has 2 rings (SSSR count). The molecule has 12 unspecified atom stereocenters. The summed E-state index contributed by atoms with van der Waals surface area (Å²) in [7, 11) is 0. The molecule has 2 saturated heterocycles. The van der Waals surface area contributed by atoms with Crippen LogP contribution in [0.1, 0.15) is 219 Å². The zero-order valence-electron chi connectivity index (χ0n) is 41.5. The summed E-state index contributed by atoms with van der Waals surface area (Å²) in [6.45, 7) is 2.75. The summed E-state index contributed by atoms with van der Waals surface area (Å²) in [5, 5.41) is 86.6. The minimum atomic E-state index is -1.78. The van der Waals surface area contributed by atoms with Gasteiger partial charge < -0.3 is 65.1 Å². The quantitative estimate of drug-likeness (QED) is 0.0213. The number of aliphatic hydroxyl groups is 8. The minimum absolute atomic E-state index is 0.245. The van der Waals surface area contributed by atoms with Crippen LogP contribution in [0.25, 0.3) is 0 Å². The first-order valence-electron chi connectivity index (χ1n) is 26.9. The summed E-state index contributed by atoms with van der Waals surface area (Å²) < 4.78 is 22.6. The van der Waals surface area contributed by atoms with Crippen LogP contribution in [0.15, 0.2) is 12.2 Å². The molecule has 14 nitrogen and oxygen atoms in total. The molecule has 2 heterocycles. The predicted octanol–water partition coefficient (Wildman–Crippen LogP) is 7.55. The highest BCUT2D eigenvalue weighted by Gasteiger charge is 2.51. The van der Waals surface area contributed by atoms with Crippen molar-refractivity contribution >= 4 is 5.91 Å². The number of carbonyl (C=O) groups excluding carboxylic acids is 1. The molecule has 0 aliphatic carbocycles. The molecule has 12 atom stereocenters. The second-order valence-corrected chi connectivity index (χ2v) is 19.4. The fourth-order valence-corrected chi connectivity index (χ4v) is 9.06. The summed E-state index contributed by atoms with van der Waals surface area (Å²) >= 11 is 0. The van der Waals surface area contributed by atoms with Gasteiger partial charge in [0.05, 0.1) is 32.0 Å². The van der Waals surface area contributed by atoms with Crippen molar-refractivity contribution in [3.8, 4) is 0 Å². The van der Waals surface area contributed by atoms with Gasteiger partial charge >= 0.3 is 0 Å². The summed E-state index contributed by atoms with van der Waals surface area (Å²) in [6, 6.07) is -0.906. The van der Waals surface area contributed by atoms with E-state index in [0.717, 1.165) is 38.5 Å². The summed E-state index contributed by atoms with van der Waals surface area (Å²) in [5.74, 6) is -0.245. The van der Waals surface area contributed by atoms with Crippen LogP contribution in [0.5, 0.6) is 0 Å². The number of amides is 1. The van der Waals surface area contributed by atoms with Crippen LogP contribution in [0.2, 0.25) is 0 Å². The maximum atomic E-state index is 13.0. The van der Waals surface area contributed by atoms with Crippen molar-refractivity contribution in [2.75, 3.05) is 19.8 Å². The molecule has 0 bridgehead atoms. The second kappa shape index (κ2) is 39.5. The topological polar surface area (TPSA) is 228 Å². The van der Waals surface area contributed by atoms with Gasteiger partial charge in [0.2, 0.25) is 5.91 Å². The van der Waals surface area contributed by atoms with Gasteiger partial charge in [0.1, 0.15) is 48.8 Å². The number of nitrogens with one attached hydrogen (secondary N) is 1. The lowest BCUT2D eigenvalue weighted by Crippen LogP contribution is -2.65. The van der Waals surface area contributed by atoms with E-state index in [9.17, 15) is 45.6 Å². The zero-order valence-corrected chi connectivity index (χ0v) is 41.5. The highest BCUT2D eigenvalue weighted by atomic mass is 16.7. The van der Waals surface area contributed by atoms with Crippen LogP contribution in [0.3, 0.4) is 0 Å². The number of carbonyl (C=O) groups is 1. The Bertz CT molecular complexity index is 1160. The monoisotopic (exact) mass is 946 g/mol. The van der Waals surface area contributed by atoms with E-state index in [1.807, 2.05) is 6.08 Å². The van der Waals surface area contributed by atoms with Gasteiger partial charge in [-0.2, -0.15) is 0 Å². The molecule has 390 valence electrons. The van der Waals surface area contributed by atoms with Crippen LogP contribution in [-0.4, -0.2) is 140 Å². The normalized spacial score (nSPS) is 26.8. The van der Waals surface area contributed by atoms with Gasteiger partial charge in [-0.3, -0.25) is 4.79 Å². The predicted molar refractivity (Wildman–Crippen MR) is 259 cm³/mol. The molecule has 2 fully saturated rings. The largest absolute Gasteiger partial charge is 0.394 e. The lowest BCUT2D eigenvalue weighted by molar-refractivity contribution is -0.359. The Morgan fingerprint density at radius 3 is 1.39 bits per heavy atom. The number of allylic oxidation sites excluding steroid dienone is 1. The lowest BCUT2D eigenvalue weighted by atomic mass is 9.97. The second-order valence-electron chi connectivity index (χ2n) is 19.4. The molecule has 0 radical (unpaired) electrons. The van der Waals surface area contributed by atoms with Gasteiger partial charge in [0.25, 0.3) is 0 Å². The molecule has 1 amide bonds. The average molecular weight is 946 g/mol. The number of hydrogen-bond acceptors (Lipinski definition) is 13. The molecule has 9 N–H and O–H groups in total. The van der Waals surface area contributed by atoms with E-state index in [0.29, 0.717) is 6.42 Å². The van der Waals surface area contributed by atoms with E-state index in [2.05, 4.69) is 19.2 Å². The Kier molecular flexibility index (Phi) is 36.4. The van der Waals surface area contributed by atoms with Crippen LogP contribution in [0.4, 0.5) is 0 Å². The number of aliphatic hydroxyl groups excluding tert-OH is 8. The van der Waals surface area contributed by atoms with Crippen LogP contribution in [-0.2, 0) is 23.7 Å². The van der Waals surface area contributed by atoms with Crippen molar-refractivity contribution < 1.29 is 64.6 Å². The van der Waals surface area contributed by atoms with E-state index < -0.39 is 86.8 Å². The van der Waals surface area contributed by atoms with Gasteiger partial charge in [-0.05, 0) is 19.3 Å². The molecular formula is C52H99NO13. The maximum Gasteiger partial charge on any atom is 0.220 e.